The van der Waals surface area contributed by atoms with Crippen LogP contribution in [0.2, 0.25) is 0 Å². The second-order valence-corrected chi connectivity index (χ2v) is 3.70. The Kier molecular flexibility index (Phi) is 6.54. The fourth-order valence-electron chi connectivity index (χ4n) is 1.50. The lowest BCUT2D eigenvalue weighted by Crippen LogP contribution is -2.31. The smallest absolute Gasteiger partial charge is 0.128 e. The number of nitrogens with zero attached hydrogens (tertiary/aromatic N) is 2. The van der Waals surface area contributed by atoms with Gasteiger partial charge in [-0.05, 0) is 17.7 Å². The Bertz CT molecular complexity index is 312. The van der Waals surface area contributed by atoms with E-state index in [-0.39, 0.29) is 0 Å². The molecule has 0 aliphatic heterocycles. The number of nitrogens with two attached hydrogens (primary N) is 1. The van der Waals surface area contributed by atoms with Crippen LogP contribution < -0.4 is 10.6 Å². The zero-order valence-electron chi connectivity index (χ0n) is 10.6. The SMILES string of the molecule is COCCN(CCOC)c1cc(CN)ccn1. The molecule has 0 aliphatic carbocycles. The summed E-state index contributed by atoms with van der Waals surface area (Å²) in [6.45, 7) is 3.44. The molecule has 0 fully saturated rings. The second-order valence-electron chi connectivity index (χ2n) is 3.70. The Morgan fingerprint density at radius 3 is 2.41 bits per heavy atom. The van der Waals surface area contributed by atoms with Gasteiger partial charge < -0.3 is 20.1 Å². The monoisotopic (exact) mass is 239 g/mol. The van der Waals surface area contributed by atoms with E-state index in [1.54, 1.807) is 20.4 Å². The lowest BCUT2D eigenvalue weighted by molar-refractivity contribution is 0.190. The Hall–Kier alpha value is -1.17. The minimum Gasteiger partial charge on any atom is -0.383 e. The molecule has 0 saturated heterocycles. The maximum absolute atomic E-state index is 5.62. The van der Waals surface area contributed by atoms with E-state index in [0.29, 0.717) is 19.8 Å². The minimum atomic E-state index is 0.526. The first-order chi connectivity index (χ1) is 8.31. The highest BCUT2D eigenvalue weighted by Gasteiger charge is 2.07. The van der Waals surface area contributed by atoms with Gasteiger partial charge in [0.2, 0.25) is 0 Å². The first-order valence-electron chi connectivity index (χ1n) is 5.69. The van der Waals surface area contributed by atoms with Crippen LogP contribution in [0.5, 0.6) is 0 Å². The van der Waals surface area contributed by atoms with Crippen LogP contribution in [-0.4, -0.2) is 45.5 Å². The average molecular weight is 239 g/mol. The van der Waals surface area contributed by atoms with Gasteiger partial charge in [-0.3, -0.25) is 0 Å². The van der Waals surface area contributed by atoms with Gasteiger partial charge in [-0.15, -0.1) is 0 Å². The average Bonchev–Trinajstić information content (AvgIpc) is 2.39. The van der Waals surface area contributed by atoms with Gasteiger partial charge in [0, 0.05) is 40.1 Å². The third-order valence-electron chi connectivity index (χ3n) is 2.50. The number of methoxy groups -OCH3 is 2. The Balaban J connectivity index is 2.71. The van der Waals surface area contributed by atoms with Gasteiger partial charge in [0.05, 0.1) is 13.2 Å². The Morgan fingerprint density at radius 1 is 1.24 bits per heavy atom. The van der Waals surface area contributed by atoms with Gasteiger partial charge in [0.25, 0.3) is 0 Å². The lowest BCUT2D eigenvalue weighted by Gasteiger charge is -2.23. The maximum atomic E-state index is 5.62. The van der Waals surface area contributed by atoms with Crippen molar-refractivity contribution in [3.05, 3.63) is 23.9 Å². The molecule has 5 nitrogen and oxygen atoms in total. The highest BCUT2D eigenvalue weighted by atomic mass is 16.5. The molecule has 0 amide bonds. The molecule has 5 heteroatoms. The van der Waals surface area contributed by atoms with E-state index in [1.165, 1.54) is 0 Å². The molecule has 1 heterocycles. The standard InChI is InChI=1S/C12H21N3O2/c1-16-7-5-15(6-8-17-2)12-9-11(10-13)3-4-14-12/h3-4,9H,5-8,10,13H2,1-2H3. The molecule has 0 spiro atoms. The van der Waals surface area contributed by atoms with Crippen molar-refractivity contribution in [1.29, 1.82) is 0 Å². The molecular formula is C12H21N3O2. The van der Waals surface area contributed by atoms with Crippen LogP contribution in [-0.2, 0) is 16.0 Å². The van der Waals surface area contributed by atoms with E-state index in [0.717, 1.165) is 24.5 Å². The van der Waals surface area contributed by atoms with Crippen molar-refractivity contribution in [3.8, 4) is 0 Å². The lowest BCUT2D eigenvalue weighted by atomic mass is 10.2. The highest BCUT2D eigenvalue weighted by Crippen LogP contribution is 2.12. The predicted molar refractivity (Wildman–Crippen MR) is 68.1 cm³/mol. The van der Waals surface area contributed by atoms with Crippen molar-refractivity contribution >= 4 is 5.82 Å². The normalized spacial score (nSPS) is 10.5. The van der Waals surface area contributed by atoms with Crippen LogP contribution in [0.3, 0.4) is 0 Å². The van der Waals surface area contributed by atoms with E-state index in [4.69, 9.17) is 15.2 Å². The van der Waals surface area contributed by atoms with Gasteiger partial charge in [0.15, 0.2) is 0 Å². The number of hydrogen-bond acceptors (Lipinski definition) is 5. The summed E-state index contributed by atoms with van der Waals surface area (Å²) in [4.78, 5) is 6.48. The summed E-state index contributed by atoms with van der Waals surface area (Å²) in [6.07, 6.45) is 1.78. The van der Waals surface area contributed by atoms with Gasteiger partial charge in [0.1, 0.15) is 5.82 Å². The first kappa shape index (κ1) is 13.9. The molecule has 0 radical (unpaired) electrons. The van der Waals surface area contributed by atoms with E-state index in [9.17, 15) is 0 Å². The van der Waals surface area contributed by atoms with Crippen molar-refractivity contribution in [2.75, 3.05) is 45.4 Å². The fraction of sp³-hybridized carbons (Fsp3) is 0.583. The number of rotatable bonds is 8. The zero-order valence-corrected chi connectivity index (χ0v) is 10.6. The summed E-state index contributed by atoms with van der Waals surface area (Å²) in [5, 5.41) is 0. The van der Waals surface area contributed by atoms with Crippen molar-refractivity contribution in [1.82, 2.24) is 4.98 Å². The molecule has 2 N–H and O–H groups in total. The largest absolute Gasteiger partial charge is 0.383 e. The molecule has 0 unspecified atom stereocenters. The number of pyridine rings is 1. The molecule has 1 aromatic heterocycles. The summed E-state index contributed by atoms with van der Waals surface area (Å²) in [6, 6.07) is 3.93. The van der Waals surface area contributed by atoms with E-state index in [2.05, 4.69) is 9.88 Å². The summed E-state index contributed by atoms with van der Waals surface area (Å²) >= 11 is 0. The van der Waals surface area contributed by atoms with Crippen molar-refractivity contribution in [2.24, 2.45) is 5.73 Å². The van der Waals surface area contributed by atoms with E-state index < -0.39 is 0 Å². The molecule has 96 valence electrons. The minimum absolute atomic E-state index is 0.526. The van der Waals surface area contributed by atoms with E-state index in [1.807, 2.05) is 12.1 Å². The van der Waals surface area contributed by atoms with Crippen molar-refractivity contribution in [3.63, 3.8) is 0 Å². The topological polar surface area (TPSA) is 60.6 Å². The first-order valence-corrected chi connectivity index (χ1v) is 5.69. The molecule has 1 rings (SSSR count). The number of hydrogen-bond donors (Lipinski definition) is 1. The fourth-order valence-corrected chi connectivity index (χ4v) is 1.50. The van der Waals surface area contributed by atoms with Crippen LogP contribution >= 0.6 is 0 Å². The van der Waals surface area contributed by atoms with Crippen LogP contribution in [0.1, 0.15) is 5.56 Å². The van der Waals surface area contributed by atoms with E-state index >= 15 is 0 Å². The molecule has 1 aromatic rings. The van der Waals surface area contributed by atoms with Gasteiger partial charge in [-0.2, -0.15) is 0 Å². The van der Waals surface area contributed by atoms with Gasteiger partial charge in [-0.1, -0.05) is 0 Å². The maximum Gasteiger partial charge on any atom is 0.128 e. The zero-order chi connectivity index (χ0) is 12.5. The van der Waals surface area contributed by atoms with Gasteiger partial charge in [-0.25, -0.2) is 4.98 Å². The quantitative estimate of drug-likeness (QED) is 0.721. The molecule has 0 saturated carbocycles. The molecule has 0 aliphatic rings. The molecule has 0 atom stereocenters. The van der Waals surface area contributed by atoms with Gasteiger partial charge >= 0.3 is 0 Å². The Labute approximate surface area is 103 Å². The number of aromatic nitrogens is 1. The summed E-state index contributed by atoms with van der Waals surface area (Å²) in [5.41, 5.74) is 6.70. The molecule has 0 bridgehead atoms. The predicted octanol–water partition coefficient (Wildman–Crippen LogP) is 0.639. The summed E-state index contributed by atoms with van der Waals surface area (Å²) in [7, 11) is 3.39. The number of ether oxygens (including phenoxy) is 2. The molecule has 17 heavy (non-hydrogen) atoms. The molecular weight excluding hydrogens is 218 g/mol. The van der Waals surface area contributed by atoms with Crippen LogP contribution in [0.4, 0.5) is 5.82 Å². The third-order valence-corrected chi connectivity index (χ3v) is 2.50. The molecule has 0 aromatic carbocycles. The van der Waals surface area contributed by atoms with Crippen LogP contribution in [0.25, 0.3) is 0 Å². The highest BCUT2D eigenvalue weighted by molar-refractivity contribution is 5.40. The Morgan fingerprint density at radius 2 is 1.88 bits per heavy atom. The second kappa shape index (κ2) is 8.00. The third kappa shape index (κ3) is 4.68. The summed E-state index contributed by atoms with van der Waals surface area (Å²) < 4.78 is 10.2. The van der Waals surface area contributed by atoms with Crippen LogP contribution in [0.15, 0.2) is 18.3 Å². The van der Waals surface area contributed by atoms with Crippen molar-refractivity contribution in [2.45, 2.75) is 6.54 Å². The van der Waals surface area contributed by atoms with Crippen LogP contribution in [0, 0.1) is 0 Å². The van der Waals surface area contributed by atoms with Crippen molar-refractivity contribution < 1.29 is 9.47 Å². The number of anilines is 1. The summed E-state index contributed by atoms with van der Waals surface area (Å²) in [5.74, 6) is 0.919.